The number of hydrogen-bond donors (Lipinski definition) is 0. The van der Waals surface area contributed by atoms with E-state index in [4.69, 9.17) is 0 Å². The average molecular weight is 313 g/mol. The lowest BCUT2D eigenvalue weighted by Gasteiger charge is -2.04. The van der Waals surface area contributed by atoms with Gasteiger partial charge in [-0.1, -0.05) is 28.1 Å². The Morgan fingerprint density at radius 3 is 2.56 bits per heavy atom. The number of esters is 2. The second-order valence-corrected chi connectivity index (χ2v) is 4.38. The largest absolute Gasteiger partial charge is 0.469 e. The number of rotatable bonds is 4. The summed E-state index contributed by atoms with van der Waals surface area (Å²) in [6.45, 7) is 0. The topological polar surface area (TPSA) is 52.6 Å². The molecule has 0 aliphatic carbocycles. The van der Waals surface area contributed by atoms with Crippen molar-refractivity contribution in [2.75, 3.05) is 14.2 Å². The summed E-state index contributed by atoms with van der Waals surface area (Å²) < 4.78 is 10.1. The van der Waals surface area contributed by atoms with Gasteiger partial charge in [0.05, 0.1) is 20.6 Å². The number of carbonyl (C=O) groups excluding carboxylic acids is 2. The van der Waals surface area contributed by atoms with E-state index in [0.717, 1.165) is 10.0 Å². The molecule has 4 nitrogen and oxygen atoms in total. The van der Waals surface area contributed by atoms with E-state index in [1.54, 1.807) is 6.08 Å². The summed E-state index contributed by atoms with van der Waals surface area (Å²) in [6.07, 6.45) is 1.49. The first-order valence-electron chi connectivity index (χ1n) is 5.18. The quantitative estimate of drug-likeness (QED) is 0.633. The number of ether oxygens (including phenoxy) is 2. The molecule has 1 rings (SSSR count). The zero-order chi connectivity index (χ0) is 13.5. The Hall–Kier alpha value is -1.62. The second kappa shape index (κ2) is 6.96. The Morgan fingerprint density at radius 2 is 2.00 bits per heavy atom. The summed E-state index contributed by atoms with van der Waals surface area (Å²) in [6, 6.07) is 7.36. The first kappa shape index (κ1) is 14.4. The minimum Gasteiger partial charge on any atom is -0.469 e. The van der Waals surface area contributed by atoms with Gasteiger partial charge < -0.3 is 9.47 Å². The van der Waals surface area contributed by atoms with E-state index < -0.39 is 11.9 Å². The Balaban J connectivity index is 3.02. The van der Waals surface area contributed by atoms with Gasteiger partial charge in [0.2, 0.25) is 0 Å². The fourth-order valence-corrected chi connectivity index (χ4v) is 1.76. The van der Waals surface area contributed by atoms with Gasteiger partial charge in [-0.2, -0.15) is 0 Å². The van der Waals surface area contributed by atoms with Crippen molar-refractivity contribution in [1.82, 2.24) is 0 Å². The van der Waals surface area contributed by atoms with Gasteiger partial charge in [-0.25, -0.2) is 4.79 Å². The molecule has 0 atom stereocenters. The van der Waals surface area contributed by atoms with E-state index in [-0.39, 0.29) is 12.0 Å². The molecule has 0 amide bonds. The van der Waals surface area contributed by atoms with E-state index in [1.807, 2.05) is 24.3 Å². The predicted molar refractivity (Wildman–Crippen MR) is 70.8 cm³/mol. The van der Waals surface area contributed by atoms with Crippen molar-refractivity contribution in [2.24, 2.45) is 0 Å². The maximum Gasteiger partial charge on any atom is 0.334 e. The number of halogens is 1. The van der Waals surface area contributed by atoms with Gasteiger partial charge in [-0.15, -0.1) is 0 Å². The van der Waals surface area contributed by atoms with E-state index in [1.165, 1.54) is 14.2 Å². The highest BCUT2D eigenvalue weighted by molar-refractivity contribution is 9.10. The van der Waals surface area contributed by atoms with Crippen LogP contribution in [0.25, 0.3) is 6.08 Å². The lowest BCUT2D eigenvalue weighted by atomic mass is 10.1. The van der Waals surface area contributed by atoms with Crippen LogP contribution in [0.3, 0.4) is 0 Å². The van der Waals surface area contributed by atoms with Gasteiger partial charge in [-0.3, -0.25) is 4.79 Å². The average Bonchev–Trinajstić information content (AvgIpc) is 2.36. The van der Waals surface area contributed by atoms with Crippen molar-refractivity contribution in [2.45, 2.75) is 6.42 Å². The van der Waals surface area contributed by atoms with Gasteiger partial charge in [0.15, 0.2) is 0 Å². The van der Waals surface area contributed by atoms with Crippen LogP contribution < -0.4 is 0 Å². The lowest BCUT2D eigenvalue weighted by Crippen LogP contribution is -2.10. The van der Waals surface area contributed by atoms with E-state index in [0.29, 0.717) is 0 Å². The van der Waals surface area contributed by atoms with Gasteiger partial charge in [0.1, 0.15) is 0 Å². The third kappa shape index (κ3) is 4.33. The molecule has 1 aromatic carbocycles. The Kier molecular flexibility index (Phi) is 5.58. The minimum absolute atomic E-state index is 0.115. The van der Waals surface area contributed by atoms with Crippen molar-refractivity contribution in [3.63, 3.8) is 0 Å². The normalized spacial score (nSPS) is 10.9. The number of methoxy groups -OCH3 is 2. The Morgan fingerprint density at radius 1 is 1.28 bits per heavy atom. The number of benzene rings is 1. The summed E-state index contributed by atoms with van der Waals surface area (Å²) in [5.74, 6) is -1.03. The number of carbonyl (C=O) groups is 2. The van der Waals surface area contributed by atoms with Gasteiger partial charge >= 0.3 is 11.9 Å². The van der Waals surface area contributed by atoms with Crippen LogP contribution >= 0.6 is 15.9 Å². The maximum absolute atomic E-state index is 11.5. The Labute approximate surface area is 114 Å². The fourth-order valence-electron chi connectivity index (χ4n) is 1.34. The molecule has 0 saturated carbocycles. The van der Waals surface area contributed by atoms with E-state index in [9.17, 15) is 9.59 Å². The van der Waals surface area contributed by atoms with Crippen LogP contribution in [-0.4, -0.2) is 26.2 Å². The summed E-state index contributed by atoms with van der Waals surface area (Å²) in [5, 5.41) is 0. The first-order valence-corrected chi connectivity index (χ1v) is 5.97. The maximum atomic E-state index is 11.5. The van der Waals surface area contributed by atoms with Crippen LogP contribution in [0.5, 0.6) is 0 Å². The van der Waals surface area contributed by atoms with Gasteiger partial charge in [0.25, 0.3) is 0 Å². The molecular weight excluding hydrogens is 300 g/mol. The molecule has 0 N–H and O–H groups in total. The van der Waals surface area contributed by atoms with Crippen LogP contribution in [-0.2, 0) is 19.1 Å². The van der Waals surface area contributed by atoms with Crippen LogP contribution in [0.1, 0.15) is 12.0 Å². The third-order valence-corrected chi connectivity index (χ3v) is 2.69. The summed E-state index contributed by atoms with van der Waals surface area (Å²) in [7, 11) is 2.55. The molecule has 0 aliphatic heterocycles. The SMILES string of the molecule is COC(=O)CC(=Cc1cccc(Br)c1)C(=O)OC. The second-order valence-electron chi connectivity index (χ2n) is 3.47. The highest BCUT2D eigenvalue weighted by atomic mass is 79.9. The lowest BCUT2D eigenvalue weighted by molar-refractivity contribution is -0.143. The predicted octanol–water partition coefficient (Wildman–Crippen LogP) is 2.57. The van der Waals surface area contributed by atoms with E-state index in [2.05, 4.69) is 25.4 Å². The number of hydrogen-bond acceptors (Lipinski definition) is 4. The van der Waals surface area contributed by atoms with Crippen molar-refractivity contribution in [3.8, 4) is 0 Å². The van der Waals surface area contributed by atoms with Crippen LogP contribution in [0.15, 0.2) is 34.3 Å². The zero-order valence-electron chi connectivity index (χ0n) is 10.1. The molecule has 18 heavy (non-hydrogen) atoms. The third-order valence-electron chi connectivity index (χ3n) is 2.20. The van der Waals surface area contributed by atoms with Crippen LogP contribution in [0.4, 0.5) is 0 Å². The van der Waals surface area contributed by atoms with Crippen molar-refractivity contribution in [1.29, 1.82) is 0 Å². The minimum atomic E-state index is -0.541. The molecule has 0 saturated heterocycles. The van der Waals surface area contributed by atoms with Crippen LogP contribution in [0.2, 0.25) is 0 Å². The highest BCUT2D eigenvalue weighted by Gasteiger charge is 2.14. The Bertz CT molecular complexity index is 480. The van der Waals surface area contributed by atoms with Crippen molar-refractivity contribution < 1.29 is 19.1 Å². The molecule has 96 valence electrons. The molecule has 5 heteroatoms. The monoisotopic (exact) mass is 312 g/mol. The summed E-state index contributed by atoms with van der Waals surface area (Å²) in [5.41, 5.74) is 1.05. The highest BCUT2D eigenvalue weighted by Crippen LogP contribution is 2.16. The van der Waals surface area contributed by atoms with Crippen molar-refractivity contribution >= 4 is 33.9 Å². The molecule has 0 aliphatic rings. The molecule has 0 heterocycles. The molecule has 0 radical (unpaired) electrons. The van der Waals surface area contributed by atoms with E-state index >= 15 is 0 Å². The van der Waals surface area contributed by atoms with Crippen molar-refractivity contribution in [3.05, 3.63) is 39.9 Å². The first-order chi connectivity index (χ1) is 8.56. The fraction of sp³-hybridized carbons (Fsp3) is 0.231. The summed E-state index contributed by atoms with van der Waals surface area (Å²) in [4.78, 5) is 22.8. The molecular formula is C13H13BrO4. The zero-order valence-corrected chi connectivity index (χ0v) is 11.7. The molecule has 0 fully saturated rings. The standard InChI is InChI=1S/C13H13BrO4/c1-17-12(15)8-10(13(16)18-2)6-9-4-3-5-11(14)7-9/h3-7H,8H2,1-2H3. The smallest absolute Gasteiger partial charge is 0.334 e. The molecule has 0 aromatic heterocycles. The molecule has 1 aromatic rings. The molecule has 0 bridgehead atoms. The van der Waals surface area contributed by atoms with Gasteiger partial charge in [0, 0.05) is 10.0 Å². The molecule has 0 spiro atoms. The van der Waals surface area contributed by atoms with Crippen LogP contribution in [0, 0.1) is 0 Å². The van der Waals surface area contributed by atoms with Gasteiger partial charge in [-0.05, 0) is 23.8 Å². The summed E-state index contributed by atoms with van der Waals surface area (Å²) >= 11 is 3.33. The molecule has 0 unspecified atom stereocenters.